The van der Waals surface area contributed by atoms with Crippen LogP contribution in [0, 0.1) is 0 Å². The number of benzene rings is 1. The number of fused-ring (bicyclic) bond motifs is 1. The van der Waals surface area contributed by atoms with E-state index in [1.807, 2.05) is 18.2 Å². The van der Waals surface area contributed by atoms with Crippen molar-refractivity contribution >= 4 is 37.6 Å². The van der Waals surface area contributed by atoms with Gasteiger partial charge in [0.2, 0.25) is 0 Å². The minimum absolute atomic E-state index is 0.0231. The van der Waals surface area contributed by atoms with Crippen LogP contribution < -0.4 is 10.6 Å². The van der Waals surface area contributed by atoms with E-state index in [0.717, 1.165) is 49.3 Å². The number of nitrogens with one attached hydrogen (secondary N) is 2. The van der Waals surface area contributed by atoms with Gasteiger partial charge in [0.05, 0.1) is 0 Å². The minimum atomic E-state index is -0.0698. The monoisotopic (exact) mass is 339 g/mol. The molecule has 0 unspecified atom stereocenters. The van der Waals surface area contributed by atoms with Crippen molar-refractivity contribution < 1.29 is 4.79 Å². The predicted octanol–water partition coefficient (Wildman–Crippen LogP) is -0.0794. The van der Waals surface area contributed by atoms with Crippen molar-refractivity contribution in [2.45, 2.75) is 6.42 Å². The first-order valence-electron chi connectivity index (χ1n) is 6.77. The summed E-state index contributed by atoms with van der Waals surface area (Å²) in [7, 11) is 0. The summed E-state index contributed by atoms with van der Waals surface area (Å²) in [6.45, 7) is 4.31. The summed E-state index contributed by atoms with van der Waals surface area (Å²) in [6, 6.07) is 5.73. The van der Waals surface area contributed by atoms with E-state index in [4.69, 9.17) is 0 Å². The number of carbonyl (C=O) groups excluding carboxylic acids is 1. The van der Waals surface area contributed by atoms with Crippen molar-refractivity contribution in [3.63, 3.8) is 0 Å². The summed E-state index contributed by atoms with van der Waals surface area (Å²) in [6.07, 6.45) is 1.09. The molecular weight excluding hydrogens is 321 g/mol. The maximum absolute atomic E-state index is 12.2. The molecular formula is C13H17N5OSe. The van der Waals surface area contributed by atoms with Gasteiger partial charge in [0.1, 0.15) is 0 Å². The van der Waals surface area contributed by atoms with Gasteiger partial charge in [-0.25, -0.2) is 0 Å². The molecule has 0 radical (unpaired) electrons. The van der Waals surface area contributed by atoms with Crippen LogP contribution in [0.4, 0.5) is 5.69 Å². The Kier molecular flexibility index (Phi) is 4.42. The van der Waals surface area contributed by atoms with Crippen LogP contribution in [0.2, 0.25) is 0 Å². The number of nitrogens with zero attached hydrogens (tertiary/aromatic N) is 3. The summed E-state index contributed by atoms with van der Waals surface area (Å²) in [5.74, 6) is 0.0231. The van der Waals surface area contributed by atoms with Crippen LogP contribution >= 0.6 is 0 Å². The molecule has 1 aliphatic heterocycles. The first-order chi connectivity index (χ1) is 9.83. The average Bonchev–Trinajstić information content (AvgIpc) is 2.78. The number of hydrogen-bond donors (Lipinski definition) is 2. The van der Waals surface area contributed by atoms with E-state index in [2.05, 4.69) is 23.5 Å². The van der Waals surface area contributed by atoms with Gasteiger partial charge in [0.25, 0.3) is 0 Å². The van der Waals surface area contributed by atoms with Crippen molar-refractivity contribution in [2.75, 3.05) is 38.0 Å². The SMILES string of the molecule is O=C(CN1CCCNCC1)Nc1cccc2n[se]nc12. The van der Waals surface area contributed by atoms with Gasteiger partial charge in [-0.2, -0.15) is 0 Å². The average molecular weight is 338 g/mol. The second-order valence-electron chi connectivity index (χ2n) is 4.87. The quantitative estimate of drug-likeness (QED) is 0.767. The van der Waals surface area contributed by atoms with Gasteiger partial charge in [0.15, 0.2) is 0 Å². The fourth-order valence-electron chi connectivity index (χ4n) is 2.36. The van der Waals surface area contributed by atoms with E-state index >= 15 is 0 Å². The third-order valence-corrected chi connectivity index (χ3v) is 4.50. The van der Waals surface area contributed by atoms with Crippen molar-refractivity contribution in [2.24, 2.45) is 0 Å². The van der Waals surface area contributed by atoms with Crippen molar-refractivity contribution in [1.29, 1.82) is 0 Å². The second-order valence-corrected chi connectivity index (χ2v) is 5.97. The van der Waals surface area contributed by atoms with Crippen LogP contribution in [-0.2, 0) is 4.79 Å². The van der Waals surface area contributed by atoms with Crippen LogP contribution in [0.5, 0.6) is 0 Å². The molecule has 3 rings (SSSR count). The number of aromatic nitrogens is 2. The van der Waals surface area contributed by atoms with Crippen LogP contribution in [-0.4, -0.2) is 66.5 Å². The van der Waals surface area contributed by atoms with Crippen LogP contribution in [0.3, 0.4) is 0 Å². The Hall–Kier alpha value is -1.27. The van der Waals surface area contributed by atoms with E-state index < -0.39 is 0 Å². The number of carbonyl (C=O) groups is 1. The predicted molar refractivity (Wildman–Crippen MR) is 79.0 cm³/mol. The van der Waals surface area contributed by atoms with Crippen molar-refractivity contribution in [3.8, 4) is 0 Å². The fraction of sp³-hybridized carbons (Fsp3) is 0.462. The van der Waals surface area contributed by atoms with E-state index in [-0.39, 0.29) is 20.9 Å². The van der Waals surface area contributed by atoms with Crippen molar-refractivity contribution in [1.82, 2.24) is 18.2 Å². The Bertz CT molecular complexity index is 591. The number of amides is 1. The molecule has 0 aliphatic carbocycles. The maximum atomic E-state index is 12.2. The van der Waals surface area contributed by atoms with Crippen molar-refractivity contribution in [3.05, 3.63) is 18.2 Å². The molecule has 1 saturated heterocycles. The molecule has 7 heteroatoms. The fourth-order valence-corrected chi connectivity index (χ4v) is 3.51. The Labute approximate surface area is 123 Å². The Balaban J connectivity index is 1.65. The zero-order valence-corrected chi connectivity index (χ0v) is 12.8. The molecule has 1 aromatic heterocycles. The van der Waals surface area contributed by atoms with E-state index in [1.165, 1.54) is 0 Å². The molecule has 6 nitrogen and oxygen atoms in total. The Morgan fingerprint density at radius 3 is 3.25 bits per heavy atom. The Morgan fingerprint density at radius 2 is 2.30 bits per heavy atom. The molecule has 106 valence electrons. The standard InChI is InChI=1S/C13H17N5OSe/c19-12(9-18-7-2-5-14-6-8-18)15-10-3-1-4-11-13(10)17-20-16-11/h1,3-4,14H,2,5-9H2,(H,15,19). The van der Waals surface area contributed by atoms with E-state index in [1.54, 1.807) is 0 Å². The zero-order chi connectivity index (χ0) is 13.8. The van der Waals surface area contributed by atoms with E-state index in [9.17, 15) is 4.79 Å². The molecule has 0 spiro atoms. The van der Waals surface area contributed by atoms with E-state index in [0.29, 0.717) is 6.54 Å². The molecule has 1 aromatic carbocycles. The molecule has 2 heterocycles. The van der Waals surface area contributed by atoms with Gasteiger partial charge in [-0.3, -0.25) is 0 Å². The molecule has 2 aromatic rings. The first-order valence-corrected chi connectivity index (χ1v) is 8.30. The normalized spacial score (nSPS) is 17.0. The molecule has 2 N–H and O–H groups in total. The second kappa shape index (κ2) is 6.45. The zero-order valence-electron chi connectivity index (χ0n) is 11.1. The van der Waals surface area contributed by atoms with Gasteiger partial charge >= 0.3 is 123 Å². The van der Waals surface area contributed by atoms with Gasteiger partial charge in [0, 0.05) is 0 Å². The van der Waals surface area contributed by atoms with Gasteiger partial charge in [-0.15, -0.1) is 0 Å². The topological polar surface area (TPSA) is 70.2 Å². The molecule has 20 heavy (non-hydrogen) atoms. The molecule has 0 saturated carbocycles. The van der Waals surface area contributed by atoms with Gasteiger partial charge < -0.3 is 0 Å². The molecule has 1 fully saturated rings. The molecule has 1 aliphatic rings. The summed E-state index contributed by atoms with van der Waals surface area (Å²) >= 11 is -0.0698. The molecule has 0 atom stereocenters. The summed E-state index contributed by atoms with van der Waals surface area (Å²) in [5.41, 5.74) is 2.50. The summed E-state index contributed by atoms with van der Waals surface area (Å²) in [4.78, 5) is 14.3. The third kappa shape index (κ3) is 3.24. The number of anilines is 1. The first kappa shape index (κ1) is 13.7. The van der Waals surface area contributed by atoms with Crippen LogP contribution in [0.25, 0.3) is 11.0 Å². The summed E-state index contributed by atoms with van der Waals surface area (Å²) < 4.78 is 8.69. The van der Waals surface area contributed by atoms with Crippen LogP contribution in [0.1, 0.15) is 6.42 Å². The molecule has 0 bridgehead atoms. The molecule has 1 amide bonds. The Morgan fingerprint density at radius 1 is 1.35 bits per heavy atom. The number of hydrogen-bond acceptors (Lipinski definition) is 5. The van der Waals surface area contributed by atoms with Crippen LogP contribution in [0.15, 0.2) is 18.2 Å². The number of rotatable bonds is 3. The summed E-state index contributed by atoms with van der Waals surface area (Å²) in [5, 5.41) is 6.30. The van der Waals surface area contributed by atoms with Gasteiger partial charge in [-0.05, 0) is 0 Å². The third-order valence-electron chi connectivity index (χ3n) is 3.36. The van der Waals surface area contributed by atoms with Gasteiger partial charge in [-0.1, -0.05) is 0 Å².